The smallest absolute Gasteiger partial charge is 0.129 e. The number of piperidine rings is 1. The van der Waals surface area contributed by atoms with Crippen LogP contribution in [0.25, 0.3) is 33.4 Å². The van der Waals surface area contributed by atoms with Crippen LogP contribution < -0.4 is 4.74 Å². The number of ether oxygens (including phenoxy) is 1. The van der Waals surface area contributed by atoms with Crippen molar-refractivity contribution < 1.29 is 4.74 Å². The van der Waals surface area contributed by atoms with Gasteiger partial charge in [-0.2, -0.15) is 5.10 Å². The van der Waals surface area contributed by atoms with Crippen molar-refractivity contribution in [1.82, 2.24) is 24.6 Å². The molecular weight excluding hydrogens is 422 g/mol. The fourth-order valence-corrected chi connectivity index (χ4v) is 4.38. The lowest BCUT2D eigenvalue weighted by molar-refractivity contribution is 0.183. The first kappa shape index (κ1) is 20.9. The van der Waals surface area contributed by atoms with Crippen LogP contribution in [0.1, 0.15) is 19.3 Å². The average molecular weight is 448 g/mol. The van der Waals surface area contributed by atoms with Gasteiger partial charge in [0.05, 0.1) is 11.0 Å². The first-order valence-electron chi connectivity index (χ1n) is 11.1. The highest BCUT2D eigenvalue weighted by Gasteiger charge is 2.14. The summed E-state index contributed by atoms with van der Waals surface area (Å²) in [5, 5.41) is 5.16. The number of aryl methyl sites for hydroxylation is 1. The van der Waals surface area contributed by atoms with Crippen molar-refractivity contribution in [2.24, 2.45) is 7.05 Å². The van der Waals surface area contributed by atoms with Gasteiger partial charge in [0.2, 0.25) is 0 Å². The van der Waals surface area contributed by atoms with Gasteiger partial charge in [0.25, 0.3) is 0 Å². The van der Waals surface area contributed by atoms with Crippen molar-refractivity contribution in [1.29, 1.82) is 0 Å². The number of benzene rings is 1. The summed E-state index contributed by atoms with van der Waals surface area (Å²) in [7, 11) is 1.93. The van der Waals surface area contributed by atoms with Crippen LogP contribution >= 0.6 is 11.6 Å². The Morgan fingerprint density at radius 2 is 1.78 bits per heavy atom. The van der Waals surface area contributed by atoms with Crippen LogP contribution in [0.5, 0.6) is 5.75 Å². The van der Waals surface area contributed by atoms with Crippen molar-refractivity contribution in [3.63, 3.8) is 0 Å². The number of nitrogens with zero attached hydrogens (tertiary/aromatic N) is 5. The maximum atomic E-state index is 6.07. The van der Waals surface area contributed by atoms with E-state index in [2.05, 4.69) is 27.0 Å². The number of halogens is 1. The Kier molecular flexibility index (Phi) is 6.06. The molecule has 32 heavy (non-hydrogen) atoms. The molecule has 0 radical (unpaired) electrons. The topological polar surface area (TPSA) is 56.1 Å². The summed E-state index contributed by atoms with van der Waals surface area (Å²) in [5.74, 6) is 0.884. The molecule has 1 aliphatic rings. The highest BCUT2D eigenvalue weighted by molar-refractivity contribution is 6.29. The normalized spacial score (nSPS) is 14.7. The Labute approximate surface area is 192 Å². The summed E-state index contributed by atoms with van der Waals surface area (Å²) in [6, 6.07) is 13.8. The number of pyridine rings is 2. The molecule has 0 bridgehead atoms. The Bertz CT molecular complexity index is 1210. The third kappa shape index (κ3) is 4.61. The van der Waals surface area contributed by atoms with E-state index in [0.29, 0.717) is 11.8 Å². The lowest BCUT2D eigenvalue weighted by Crippen LogP contribution is -2.33. The molecule has 0 saturated carbocycles. The van der Waals surface area contributed by atoms with Gasteiger partial charge in [0.1, 0.15) is 23.2 Å². The molecule has 0 N–H and O–H groups in total. The van der Waals surface area contributed by atoms with Crippen LogP contribution in [0.15, 0.2) is 54.9 Å². The summed E-state index contributed by atoms with van der Waals surface area (Å²) < 4.78 is 7.80. The van der Waals surface area contributed by atoms with E-state index >= 15 is 0 Å². The lowest BCUT2D eigenvalue weighted by Gasteiger charge is -2.26. The molecule has 1 saturated heterocycles. The molecule has 5 rings (SSSR count). The summed E-state index contributed by atoms with van der Waals surface area (Å²) in [4.78, 5) is 11.4. The highest BCUT2D eigenvalue weighted by Crippen LogP contribution is 2.32. The number of hydrogen-bond donors (Lipinski definition) is 0. The van der Waals surface area contributed by atoms with Gasteiger partial charge in [0.15, 0.2) is 0 Å². The quantitative estimate of drug-likeness (QED) is 0.379. The van der Waals surface area contributed by atoms with E-state index in [-0.39, 0.29) is 0 Å². The van der Waals surface area contributed by atoms with Crippen molar-refractivity contribution in [3.8, 4) is 28.1 Å². The summed E-state index contributed by atoms with van der Waals surface area (Å²) in [5.41, 5.74) is 5.47. The number of aromatic nitrogens is 4. The first-order chi connectivity index (χ1) is 15.7. The molecule has 0 atom stereocenters. The van der Waals surface area contributed by atoms with Gasteiger partial charge in [-0.25, -0.2) is 4.98 Å². The minimum atomic E-state index is 0.457. The van der Waals surface area contributed by atoms with Crippen LogP contribution in [0.2, 0.25) is 5.15 Å². The third-order valence-corrected chi connectivity index (χ3v) is 6.11. The summed E-state index contributed by atoms with van der Waals surface area (Å²) >= 11 is 6.07. The Balaban J connectivity index is 1.34. The zero-order valence-corrected chi connectivity index (χ0v) is 18.9. The van der Waals surface area contributed by atoms with Gasteiger partial charge in [-0.1, -0.05) is 18.0 Å². The van der Waals surface area contributed by atoms with Gasteiger partial charge >= 0.3 is 0 Å². The van der Waals surface area contributed by atoms with Gasteiger partial charge < -0.3 is 4.74 Å². The molecule has 1 fully saturated rings. The van der Waals surface area contributed by atoms with E-state index < -0.39 is 0 Å². The number of rotatable bonds is 6. The summed E-state index contributed by atoms with van der Waals surface area (Å²) in [6.07, 6.45) is 7.82. The molecule has 4 heterocycles. The molecule has 3 aromatic heterocycles. The molecule has 6 nitrogen and oxygen atoms in total. The van der Waals surface area contributed by atoms with Crippen LogP contribution in [-0.2, 0) is 7.05 Å². The lowest BCUT2D eigenvalue weighted by atomic mass is 10.0. The number of hydrogen-bond acceptors (Lipinski definition) is 5. The molecule has 4 aromatic rings. The van der Waals surface area contributed by atoms with Crippen molar-refractivity contribution >= 4 is 22.6 Å². The minimum Gasteiger partial charge on any atom is -0.492 e. The van der Waals surface area contributed by atoms with E-state index in [9.17, 15) is 0 Å². The van der Waals surface area contributed by atoms with Crippen LogP contribution in [0, 0.1) is 0 Å². The molecule has 0 amide bonds. The Morgan fingerprint density at radius 1 is 0.969 bits per heavy atom. The standard InChI is InChI=1S/C25H26ClN5O/c1-30-17-21(19-15-23-22(27-16-19)9-10-24(26)28-23)25(29-30)18-5-7-20(8-6-18)32-14-13-31-11-3-2-4-12-31/h5-10,15-17H,2-4,11-14H2,1H3. The SMILES string of the molecule is Cn1cc(-c2cnc3ccc(Cl)nc3c2)c(-c2ccc(OCCN3CCCCC3)cc2)n1. The zero-order valence-electron chi connectivity index (χ0n) is 18.2. The number of likely N-dealkylation sites (tertiary alicyclic amines) is 1. The molecule has 164 valence electrons. The fourth-order valence-electron chi connectivity index (χ4n) is 4.23. The Hall–Kier alpha value is -2.96. The fraction of sp³-hybridized carbons (Fsp3) is 0.320. The maximum absolute atomic E-state index is 6.07. The van der Waals surface area contributed by atoms with E-state index in [0.717, 1.165) is 45.7 Å². The zero-order chi connectivity index (χ0) is 21.9. The van der Waals surface area contributed by atoms with E-state index in [4.69, 9.17) is 21.4 Å². The largest absolute Gasteiger partial charge is 0.492 e. The molecule has 0 unspecified atom stereocenters. The molecule has 1 aromatic carbocycles. The second-order valence-electron chi connectivity index (χ2n) is 8.24. The maximum Gasteiger partial charge on any atom is 0.129 e. The second kappa shape index (κ2) is 9.27. The van der Waals surface area contributed by atoms with Crippen molar-refractivity contribution in [2.45, 2.75) is 19.3 Å². The van der Waals surface area contributed by atoms with Crippen LogP contribution in [0.4, 0.5) is 0 Å². The molecular formula is C25H26ClN5O. The van der Waals surface area contributed by atoms with Gasteiger partial charge in [-0.3, -0.25) is 14.6 Å². The van der Waals surface area contributed by atoms with Crippen molar-refractivity contribution in [2.75, 3.05) is 26.2 Å². The molecule has 1 aliphatic heterocycles. The highest BCUT2D eigenvalue weighted by atomic mass is 35.5. The van der Waals surface area contributed by atoms with Gasteiger partial charge in [-0.15, -0.1) is 0 Å². The van der Waals surface area contributed by atoms with Crippen LogP contribution in [-0.4, -0.2) is 50.9 Å². The van der Waals surface area contributed by atoms with Gasteiger partial charge in [0, 0.05) is 42.7 Å². The van der Waals surface area contributed by atoms with E-state index in [1.807, 2.05) is 48.4 Å². The second-order valence-corrected chi connectivity index (χ2v) is 8.62. The first-order valence-corrected chi connectivity index (χ1v) is 11.5. The monoisotopic (exact) mass is 447 g/mol. The van der Waals surface area contributed by atoms with Crippen molar-refractivity contribution in [3.05, 3.63) is 60.0 Å². The van der Waals surface area contributed by atoms with Gasteiger partial charge in [-0.05, 0) is 68.4 Å². The summed E-state index contributed by atoms with van der Waals surface area (Å²) in [6.45, 7) is 4.08. The van der Waals surface area contributed by atoms with Crippen LogP contribution in [0.3, 0.4) is 0 Å². The molecule has 0 spiro atoms. The molecule has 7 heteroatoms. The number of fused-ring (bicyclic) bond motifs is 1. The van der Waals surface area contributed by atoms with E-state index in [1.165, 1.54) is 32.4 Å². The van der Waals surface area contributed by atoms with E-state index in [1.54, 1.807) is 6.07 Å². The molecule has 0 aliphatic carbocycles. The minimum absolute atomic E-state index is 0.457. The predicted octanol–water partition coefficient (Wildman–Crippen LogP) is 5.22. The average Bonchev–Trinajstić information content (AvgIpc) is 3.21. The predicted molar refractivity (Wildman–Crippen MR) is 128 cm³/mol. The Morgan fingerprint density at radius 3 is 2.59 bits per heavy atom. The third-order valence-electron chi connectivity index (χ3n) is 5.90.